The molecule has 0 radical (unpaired) electrons. The SMILES string of the molecule is C=CC(=O)c1ccccc1C(=O)c1ccccc1. The van der Waals surface area contributed by atoms with Gasteiger partial charge in [-0.25, -0.2) is 0 Å². The highest BCUT2D eigenvalue weighted by molar-refractivity contribution is 6.17. The summed E-state index contributed by atoms with van der Waals surface area (Å²) < 4.78 is 0. The van der Waals surface area contributed by atoms with Crippen molar-refractivity contribution in [3.63, 3.8) is 0 Å². The Hall–Kier alpha value is -2.48. The van der Waals surface area contributed by atoms with Crippen molar-refractivity contribution in [3.05, 3.63) is 83.9 Å². The fourth-order valence-electron chi connectivity index (χ4n) is 1.75. The number of carbonyl (C=O) groups is 2. The van der Waals surface area contributed by atoms with Crippen LogP contribution in [-0.4, -0.2) is 11.6 Å². The molecule has 0 saturated heterocycles. The van der Waals surface area contributed by atoms with Gasteiger partial charge in [-0.1, -0.05) is 61.2 Å². The molecule has 2 rings (SSSR count). The molecule has 2 nitrogen and oxygen atoms in total. The van der Waals surface area contributed by atoms with Crippen molar-refractivity contribution in [1.82, 2.24) is 0 Å². The molecular formula is C16H12O2. The fourth-order valence-corrected chi connectivity index (χ4v) is 1.75. The summed E-state index contributed by atoms with van der Waals surface area (Å²) >= 11 is 0. The monoisotopic (exact) mass is 236 g/mol. The van der Waals surface area contributed by atoms with Crippen LogP contribution in [0, 0.1) is 0 Å². The van der Waals surface area contributed by atoms with E-state index in [0.29, 0.717) is 16.7 Å². The highest BCUT2D eigenvalue weighted by Crippen LogP contribution is 2.15. The molecule has 0 N–H and O–H groups in total. The lowest BCUT2D eigenvalue weighted by molar-refractivity contribution is 0.101. The lowest BCUT2D eigenvalue weighted by atomic mass is 9.96. The predicted octanol–water partition coefficient (Wildman–Crippen LogP) is 3.29. The zero-order valence-electron chi connectivity index (χ0n) is 9.80. The molecule has 0 fully saturated rings. The first-order valence-corrected chi connectivity index (χ1v) is 5.59. The maximum absolute atomic E-state index is 12.3. The van der Waals surface area contributed by atoms with Gasteiger partial charge in [0, 0.05) is 16.7 Å². The first-order chi connectivity index (χ1) is 8.74. The summed E-state index contributed by atoms with van der Waals surface area (Å²) in [4.78, 5) is 24.0. The minimum absolute atomic E-state index is 0.151. The Morgan fingerprint density at radius 1 is 0.833 bits per heavy atom. The zero-order valence-corrected chi connectivity index (χ0v) is 9.80. The highest BCUT2D eigenvalue weighted by Gasteiger charge is 2.15. The first-order valence-electron chi connectivity index (χ1n) is 5.59. The number of allylic oxidation sites excluding steroid dienone is 1. The third-order valence-corrected chi connectivity index (χ3v) is 2.66. The Kier molecular flexibility index (Phi) is 3.49. The molecule has 2 aromatic carbocycles. The summed E-state index contributed by atoms with van der Waals surface area (Å²) in [6.07, 6.45) is 1.22. The topological polar surface area (TPSA) is 34.1 Å². The van der Waals surface area contributed by atoms with E-state index in [1.54, 1.807) is 48.5 Å². The zero-order chi connectivity index (χ0) is 13.0. The van der Waals surface area contributed by atoms with E-state index in [4.69, 9.17) is 0 Å². The van der Waals surface area contributed by atoms with Gasteiger partial charge in [0.1, 0.15) is 0 Å². The minimum Gasteiger partial charge on any atom is -0.289 e. The van der Waals surface area contributed by atoms with Gasteiger partial charge in [0.25, 0.3) is 0 Å². The van der Waals surface area contributed by atoms with E-state index < -0.39 is 0 Å². The Bertz CT molecular complexity index is 598. The molecule has 0 aliphatic rings. The largest absolute Gasteiger partial charge is 0.289 e. The number of benzene rings is 2. The van der Waals surface area contributed by atoms with Crippen LogP contribution >= 0.6 is 0 Å². The van der Waals surface area contributed by atoms with Gasteiger partial charge < -0.3 is 0 Å². The van der Waals surface area contributed by atoms with Crippen molar-refractivity contribution >= 4 is 11.6 Å². The van der Waals surface area contributed by atoms with Gasteiger partial charge in [-0.2, -0.15) is 0 Å². The second-order valence-corrected chi connectivity index (χ2v) is 3.81. The van der Waals surface area contributed by atoms with E-state index in [-0.39, 0.29) is 11.6 Å². The summed E-state index contributed by atoms with van der Waals surface area (Å²) in [7, 11) is 0. The van der Waals surface area contributed by atoms with Crippen LogP contribution in [0.15, 0.2) is 67.3 Å². The van der Waals surface area contributed by atoms with E-state index in [1.807, 2.05) is 6.07 Å². The summed E-state index contributed by atoms with van der Waals surface area (Å²) in [5.74, 6) is -0.392. The summed E-state index contributed by atoms with van der Waals surface area (Å²) in [6.45, 7) is 3.45. The van der Waals surface area contributed by atoms with Crippen molar-refractivity contribution in [2.24, 2.45) is 0 Å². The van der Waals surface area contributed by atoms with Crippen LogP contribution in [-0.2, 0) is 0 Å². The average Bonchev–Trinajstić information content (AvgIpc) is 2.46. The maximum atomic E-state index is 12.3. The van der Waals surface area contributed by atoms with Gasteiger partial charge in [0.05, 0.1) is 0 Å². The Morgan fingerprint density at radius 3 is 2.00 bits per heavy atom. The first kappa shape index (κ1) is 12.0. The van der Waals surface area contributed by atoms with Gasteiger partial charge in [-0.3, -0.25) is 9.59 Å². The average molecular weight is 236 g/mol. The molecule has 0 aliphatic carbocycles. The maximum Gasteiger partial charge on any atom is 0.193 e. The predicted molar refractivity (Wildman–Crippen MR) is 70.8 cm³/mol. The molecule has 18 heavy (non-hydrogen) atoms. The number of hydrogen-bond donors (Lipinski definition) is 0. The number of rotatable bonds is 4. The molecule has 0 saturated carbocycles. The molecule has 2 heteroatoms. The summed E-state index contributed by atoms with van der Waals surface area (Å²) in [5.41, 5.74) is 1.37. The van der Waals surface area contributed by atoms with Crippen LogP contribution in [0.1, 0.15) is 26.3 Å². The normalized spacial score (nSPS) is 9.78. The molecule has 0 amide bonds. The van der Waals surface area contributed by atoms with Gasteiger partial charge in [-0.15, -0.1) is 0 Å². The molecule has 2 aromatic rings. The molecule has 0 unspecified atom stereocenters. The van der Waals surface area contributed by atoms with E-state index in [2.05, 4.69) is 6.58 Å². The van der Waals surface area contributed by atoms with Crippen LogP contribution in [0.2, 0.25) is 0 Å². The second-order valence-electron chi connectivity index (χ2n) is 3.81. The molecule has 0 bridgehead atoms. The van der Waals surface area contributed by atoms with E-state index in [0.717, 1.165) is 0 Å². The van der Waals surface area contributed by atoms with Crippen molar-refractivity contribution in [2.75, 3.05) is 0 Å². The van der Waals surface area contributed by atoms with Crippen molar-refractivity contribution in [2.45, 2.75) is 0 Å². The second kappa shape index (κ2) is 5.23. The molecule has 0 atom stereocenters. The van der Waals surface area contributed by atoms with Crippen LogP contribution in [0.25, 0.3) is 0 Å². The van der Waals surface area contributed by atoms with Gasteiger partial charge in [0.2, 0.25) is 0 Å². The minimum atomic E-state index is -0.241. The quantitative estimate of drug-likeness (QED) is 0.603. The van der Waals surface area contributed by atoms with E-state index >= 15 is 0 Å². The smallest absolute Gasteiger partial charge is 0.193 e. The molecule has 88 valence electrons. The lowest BCUT2D eigenvalue weighted by Crippen LogP contribution is -2.08. The summed E-state index contributed by atoms with van der Waals surface area (Å²) in [5, 5.41) is 0. The van der Waals surface area contributed by atoms with Crippen molar-refractivity contribution < 1.29 is 9.59 Å². The Labute approximate surface area is 106 Å². The fraction of sp³-hybridized carbons (Fsp3) is 0. The molecule has 0 heterocycles. The Morgan fingerprint density at radius 2 is 1.39 bits per heavy atom. The Balaban J connectivity index is 2.49. The third-order valence-electron chi connectivity index (χ3n) is 2.66. The lowest BCUT2D eigenvalue weighted by Gasteiger charge is -2.05. The third kappa shape index (κ3) is 2.28. The molecule has 0 spiro atoms. The van der Waals surface area contributed by atoms with Crippen LogP contribution in [0.3, 0.4) is 0 Å². The van der Waals surface area contributed by atoms with Crippen LogP contribution in [0.5, 0.6) is 0 Å². The van der Waals surface area contributed by atoms with Gasteiger partial charge in [0.15, 0.2) is 11.6 Å². The van der Waals surface area contributed by atoms with Gasteiger partial charge >= 0.3 is 0 Å². The van der Waals surface area contributed by atoms with E-state index in [1.165, 1.54) is 6.08 Å². The van der Waals surface area contributed by atoms with Crippen LogP contribution in [0.4, 0.5) is 0 Å². The highest BCUT2D eigenvalue weighted by atomic mass is 16.1. The molecule has 0 aromatic heterocycles. The van der Waals surface area contributed by atoms with Crippen molar-refractivity contribution in [3.8, 4) is 0 Å². The van der Waals surface area contributed by atoms with E-state index in [9.17, 15) is 9.59 Å². The summed E-state index contributed by atoms with van der Waals surface area (Å²) in [6, 6.07) is 15.7. The van der Waals surface area contributed by atoms with Gasteiger partial charge in [-0.05, 0) is 6.08 Å². The number of carbonyl (C=O) groups excluding carboxylic acids is 2. The molecular weight excluding hydrogens is 224 g/mol. The van der Waals surface area contributed by atoms with Crippen molar-refractivity contribution in [1.29, 1.82) is 0 Å². The van der Waals surface area contributed by atoms with Crippen LogP contribution < -0.4 is 0 Å². The number of hydrogen-bond acceptors (Lipinski definition) is 2. The molecule has 0 aliphatic heterocycles. The standard InChI is InChI=1S/C16H12O2/c1-2-15(17)13-10-6-7-11-14(13)16(18)12-8-4-3-5-9-12/h2-11H,1H2. The number of ketones is 2.